The van der Waals surface area contributed by atoms with Crippen LogP contribution in [-0.2, 0) is 12.6 Å². The number of nitrogens with zero attached hydrogens (tertiary/aromatic N) is 1. The highest BCUT2D eigenvalue weighted by Gasteiger charge is 2.33. The molecule has 0 aliphatic rings. The van der Waals surface area contributed by atoms with Gasteiger partial charge in [0.1, 0.15) is 5.03 Å². The van der Waals surface area contributed by atoms with Crippen molar-refractivity contribution in [3.05, 3.63) is 52.7 Å². The highest BCUT2D eigenvalue weighted by Crippen LogP contribution is 2.37. The Balaban J connectivity index is 2.36. The Morgan fingerprint density at radius 1 is 1.24 bits per heavy atom. The fourth-order valence-corrected chi connectivity index (χ4v) is 2.87. The smallest absolute Gasteiger partial charge is 0.330 e. The van der Waals surface area contributed by atoms with E-state index in [1.165, 1.54) is 6.07 Å². The van der Waals surface area contributed by atoms with E-state index in [9.17, 15) is 13.2 Å². The van der Waals surface area contributed by atoms with Crippen LogP contribution in [0, 0.1) is 0 Å². The predicted octanol–water partition coefficient (Wildman–Crippen LogP) is 4.41. The molecule has 2 N–H and O–H groups in total. The molecule has 7 heteroatoms. The molecule has 1 aromatic carbocycles. The average molecular weight is 333 g/mol. The molecule has 2 nitrogen and oxygen atoms in total. The lowest BCUT2D eigenvalue weighted by Crippen LogP contribution is -2.12. The molecule has 1 aromatic heterocycles. The molecule has 0 saturated heterocycles. The van der Waals surface area contributed by atoms with Crippen molar-refractivity contribution < 1.29 is 13.2 Å². The van der Waals surface area contributed by atoms with Crippen molar-refractivity contribution in [3.63, 3.8) is 0 Å². The largest absolute Gasteiger partial charge is 0.416 e. The van der Waals surface area contributed by atoms with Crippen molar-refractivity contribution in [2.24, 2.45) is 5.73 Å². The van der Waals surface area contributed by atoms with E-state index in [0.717, 1.165) is 17.8 Å². The molecule has 0 spiro atoms. The van der Waals surface area contributed by atoms with Crippen LogP contribution in [0.5, 0.6) is 0 Å². The maximum Gasteiger partial charge on any atom is 0.416 e. The van der Waals surface area contributed by atoms with Crippen LogP contribution >= 0.6 is 23.4 Å². The van der Waals surface area contributed by atoms with Gasteiger partial charge in [-0.05, 0) is 42.8 Å². The summed E-state index contributed by atoms with van der Waals surface area (Å²) in [6.07, 6.45) is -2.68. The van der Waals surface area contributed by atoms with Crippen LogP contribution in [0.1, 0.15) is 11.1 Å². The molecule has 112 valence electrons. The lowest BCUT2D eigenvalue weighted by molar-refractivity contribution is -0.138. The molecule has 2 aromatic rings. The third-order valence-corrected chi connectivity index (χ3v) is 4.17. The number of benzene rings is 1. The van der Waals surface area contributed by atoms with Crippen LogP contribution in [0.4, 0.5) is 13.2 Å². The molecule has 0 aliphatic heterocycles. The minimum Gasteiger partial charge on any atom is -0.330 e. The summed E-state index contributed by atoms with van der Waals surface area (Å²) < 4.78 is 39.2. The van der Waals surface area contributed by atoms with Gasteiger partial charge in [-0.3, -0.25) is 0 Å². The Morgan fingerprint density at radius 3 is 2.62 bits per heavy atom. The SMILES string of the molecule is NCCc1ccc(Sc2ncccc2Cl)cc1C(F)(F)F. The molecule has 1 heterocycles. The van der Waals surface area contributed by atoms with Gasteiger partial charge in [-0.1, -0.05) is 29.4 Å². The first kappa shape index (κ1) is 16.1. The third-order valence-electron chi connectivity index (χ3n) is 2.74. The fourth-order valence-electron chi connectivity index (χ4n) is 1.81. The van der Waals surface area contributed by atoms with Gasteiger partial charge < -0.3 is 5.73 Å². The molecule has 0 fully saturated rings. The van der Waals surface area contributed by atoms with Gasteiger partial charge in [0.15, 0.2) is 0 Å². The summed E-state index contributed by atoms with van der Waals surface area (Å²) in [7, 11) is 0. The summed E-state index contributed by atoms with van der Waals surface area (Å²) in [6.45, 7) is 0.168. The summed E-state index contributed by atoms with van der Waals surface area (Å²) in [5, 5.41) is 0.876. The first-order chi connectivity index (χ1) is 9.91. The lowest BCUT2D eigenvalue weighted by atomic mass is 10.0. The summed E-state index contributed by atoms with van der Waals surface area (Å²) in [6, 6.07) is 7.49. The fraction of sp³-hybridized carbons (Fsp3) is 0.214. The van der Waals surface area contributed by atoms with Crippen LogP contribution in [0.3, 0.4) is 0 Å². The van der Waals surface area contributed by atoms with Gasteiger partial charge in [-0.25, -0.2) is 4.98 Å². The van der Waals surface area contributed by atoms with Crippen molar-refractivity contribution >= 4 is 23.4 Å². The molecular formula is C14H12ClF3N2S. The van der Waals surface area contributed by atoms with Crippen LogP contribution < -0.4 is 5.73 Å². The number of hydrogen-bond donors (Lipinski definition) is 1. The van der Waals surface area contributed by atoms with Crippen molar-refractivity contribution in [2.45, 2.75) is 22.5 Å². The molecular weight excluding hydrogens is 321 g/mol. The zero-order chi connectivity index (χ0) is 15.5. The first-order valence-electron chi connectivity index (χ1n) is 6.10. The molecule has 2 rings (SSSR count). The van der Waals surface area contributed by atoms with Gasteiger partial charge in [0.2, 0.25) is 0 Å². The van der Waals surface area contributed by atoms with E-state index in [2.05, 4.69) is 4.98 Å². The summed E-state index contributed by atoms with van der Waals surface area (Å²) in [5.41, 5.74) is 4.89. The molecule has 0 bridgehead atoms. The minimum absolute atomic E-state index is 0.168. The van der Waals surface area contributed by atoms with Crippen molar-refractivity contribution in [3.8, 4) is 0 Å². The summed E-state index contributed by atoms with van der Waals surface area (Å²) >= 11 is 7.06. The topological polar surface area (TPSA) is 38.9 Å². The second-order valence-electron chi connectivity index (χ2n) is 4.25. The molecule has 21 heavy (non-hydrogen) atoms. The number of pyridine rings is 1. The zero-order valence-corrected chi connectivity index (χ0v) is 12.4. The second kappa shape index (κ2) is 6.68. The molecule has 0 atom stereocenters. The van der Waals surface area contributed by atoms with E-state index in [0.29, 0.717) is 14.9 Å². The van der Waals surface area contributed by atoms with Crippen LogP contribution in [0.25, 0.3) is 0 Å². The van der Waals surface area contributed by atoms with Gasteiger partial charge in [-0.15, -0.1) is 0 Å². The normalized spacial score (nSPS) is 11.7. The van der Waals surface area contributed by atoms with Gasteiger partial charge >= 0.3 is 6.18 Å². The molecule has 0 amide bonds. The third kappa shape index (κ3) is 4.12. The number of halogens is 4. The number of hydrogen-bond acceptors (Lipinski definition) is 3. The van der Waals surface area contributed by atoms with Gasteiger partial charge in [0, 0.05) is 11.1 Å². The number of rotatable bonds is 4. The van der Waals surface area contributed by atoms with E-state index >= 15 is 0 Å². The van der Waals surface area contributed by atoms with Crippen LogP contribution in [0.15, 0.2) is 46.5 Å². The molecule has 0 aliphatic carbocycles. The van der Waals surface area contributed by atoms with Gasteiger partial charge in [0.05, 0.1) is 10.6 Å². The van der Waals surface area contributed by atoms with Gasteiger partial charge in [-0.2, -0.15) is 13.2 Å². The first-order valence-corrected chi connectivity index (χ1v) is 7.30. The van der Waals surface area contributed by atoms with E-state index < -0.39 is 11.7 Å². The monoisotopic (exact) mass is 332 g/mol. The average Bonchev–Trinajstić information content (AvgIpc) is 2.42. The predicted molar refractivity (Wildman–Crippen MR) is 77.6 cm³/mol. The maximum atomic E-state index is 13.1. The van der Waals surface area contributed by atoms with E-state index in [1.54, 1.807) is 24.4 Å². The van der Waals surface area contributed by atoms with E-state index in [-0.39, 0.29) is 18.5 Å². The van der Waals surface area contributed by atoms with Crippen LogP contribution in [-0.4, -0.2) is 11.5 Å². The molecule has 0 unspecified atom stereocenters. The Bertz CT molecular complexity index is 632. The highest BCUT2D eigenvalue weighted by molar-refractivity contribution is 7.99. The van der Waals surface area contributed by atoms with E-state index in [4.69, 9.17) is 17.3 Å². The quantitative estimate of drug-likeness (QED) is 0.901. The number of alkyl halides is 3. The second-order valence-corrected chi connectivity index (χ2v) is 5.72. The summed E-state index contributed by atoms with van der Waals surface area (Å²) in [5.74, 6) is 0. The minimum atomic E-state index is -4.41. The lowest BCUT2D eigenvalue weighted by Gasteiger charge is -2.14. The maximum absolute atomic E-state index is 13.1. The van der Waals surface area contributed by atoms with E-state index in [1.807, 2.05) is 0 Å². The van der Waals surface area contributed by atoms with Crippen molar-refractivity contribution in [1.29, 1.82) is 0 Å². The Hall–Kier alpha value is -1.24. The van der Waals surface area contributed by atoms with Crippen molar-refractivity contribution in [2.75, 3.05) is 6.54 Å². The van der Waals surface area contributed by atoms with Gasteiger partial charge in [0.25, 0.3) is 0 Å². The molecule has 0 radical (unpaired) electrons. The molecule has 0 saturated carbocycles. The number of aromatic nitrogens is 1. The highest BCUT2D eigenvalue weighted by atomic mass is 35.5. The Labute approximate surface area is 129 Å². The van der Waals surface area contributed by atoms with Crippen molar-refractivity contribution in [1.82, 2.24) is 4.98 Å². The zero-order valence-electron chi connectivity index (χ0n) is 10.8. The number of nitrogens with two attached hydrogens (primary N) is 1. The Morgan fingerprint density at radius 2 is 2.00 bits per heavy atom. The standard InChI is InChI=1S/C14H12ClF3N2S/c15-12-2-1-7-20-13(12)21-10-4-3-9(5-6-19)11(8-10)14(16,17)18/h1-4,7-8H,5-6,19H2. The van der Waals surface area contributed by atoms with Crippen LogP contribution in [0.2, 0.25) is 5.02 Å². The Kier molecular flexibility index (Phi) is 5.13. The summed E-state index contributed by atoms with van der Waals surface area (Å²) in [4.78, 5) is 4.49.